The van der Waals surface area contributed by atoms with Gasteiger partial charge in [0, 0.05) is 31.2 Å². The Hall–Kier alpha value is -3.45. The zero-order valence-corrected chi connectivity index (χ0v) is 16.6. The predicted molar refractivity (Wildman–Crippen MR) is 116 cm³/mol. The molecule has 0 spiro atoms. The van der Waals surface area contributed by atoms with Crippen molar-refractivity contribution in [3.63, 3.8) is 0 Å². The summed E-state index contributed by atoms with van der Waals surface area (Å²) < 4.78 is 0. The quantitative estimate of drug-likeness (QED) is 0.381. The van der Waals surface area contributed by atoms with Crippen molar-refractivity contribution in [3.8, 4) is 0 Å². The van der Waals surface area contributed by atoms with Crippen molar-refractivity contribution < 1.29 is 25.3 Å². The van der Waals surface area contributed by atoms with Gasteiger partial charge in [-0.2, -0.15) is 0 Å². The SMILES string of the molecule is N=CN1CCCC(C(c2ccccc2)c2ccccc2)C1.O.O=C(O)C=CC(=O)O. The zero-order chi connectivity index (χ0) is 21.1. The van der Waals surface area contributed by atoms with Gasteiger partial charge in [-0.3, -0.25) is 5.41 Å². The number of hydrogen-bond donors (Lipinski definition) is 3. The van der Waals surface area contributed by atoms with Crippen molar-refractivity contribution in [1.29, 1.82) is 5.41 Å². The van der Waals surface area contributed by atoms with E-state index in [0.29, 0.717) is 24.0 Å². The van der Waals surface area contributed by atoms with Gasteiger partial charge in [-0.25, -0.2) is 9.59 Å². The smallest absolute Gasteiger partial charge is 0.328 e. The molecule has 1 fully saturated rings. The molecule has 3 rings (SSSR count). The molecule has 0 aromatic heterocycles. The Morgan fingerprint density at radius 2 is 1.40 bits per heavy atom. The molecule has 0 bridgehead atoms. The minimum Gasteiger partial charge on any atom is -0.478 e. The first kappa shape index (κ1) is 24.6. The highest BCUT2D eigenvalue weighted by molar-refractivity contribution is 5.89. The molecule has 5 N–H and O–H groups in total. The second-order valence-corrected chi connectivity index (χ2v) is 6.84. The van der Waals surface area contributed by atoms with Crippen LogP contribution < -0.4 is 0 Å². The van der Waals surface area contributed by atoms with E-state index in [9.17, 15) is 9.59 Å². The second-order valence-electron chi connectivity index (χ2n) is 6.84. The first-order valence-electron chi connectivity index (χ1n) is 9.49. The Balaban J connectivity index is 0.000000431. The minimum absolute atomic E-state index is 0. The van der Waals surface area contributed by atoms with Gasteiger partial charge in [0.1, 0.15) is 0 Å². The molecule has 1 unspecified atom stereocenters. The molecule has 1 saturated heterocycles. The summed E-state index contributed by atoms with van der Waals surface area (Å²) in [5.41, 5.74) is 2.78. The van der Waals surface area contributed by atoms with Crippen LogP contribution in [-0.4, -0.2) is 52.0 Å². The number of aliphatic carboxylic acids is 2. The van der Waals surface area contributed by atoms with Crippen LogP contribution in [0.5, 0.6) is 0 Å². The molecule has 7 nitrogen and oxygen atoms in total. The average molecular weight is 412 g/mol. The van der Waals surface area contributed by atoms with Gasteiger partial charge in [0.05, 0.1) is 6.34 Å². The van der Waals surface area contributed by atoms with E-state index < -0.39 is 11.9 Å². The average Bonchev–Trinajstić information content (AvgIpc) is 2.75. The van der Waals surface area contributed by atoms with E-state index in [2.05, 4.69) is 65.6 Å². The van der Waals surface area contributed by atoms with E-state index in [1.165, 1.54) is 30.3 Å². The van der Waals surface area contributed by atoms with E-state index in [4.69, 9.17) is 15.6 Å². The van der Waals surface area contributed by atoms with Crippen molar-refractivity contribution in [2.45, 2.75) is 18.8 Å². The molecule has 1 atom stereocenters. The van der Waals surface area contributed by atoms with Gasteiger partial charge < -0.3 is 20.6 Å². The lowest BCUT2D eigenvalue weighted by molar-refractivity contribution is -0.134. The summed E-state index contributed by atoms with van der Waals surface area (Å²) in [6, 6.07) is 21.6. The Morgan fingerprint density at radius 1 is 0.933 bits per heavy atom. The van der Waals surface area contributed by atoms with Crippen molar-refractivity contribution in [3.05, 3.63) is 83.9 Å². The highest BCUT2D eigenvalue weighted by Crippen LogP contribution is 2.36. The zero-order valence-electron chi connectivity index (χ0n) is 16.6. The van der Waals surface area contributed by atoms with Crippen LogP contribution in [0.3, 0.4) is 0 Å². The normalized spacial score (nSPS) is 15.6. The molecule has 7 heteroatoms. The van der Waals surface area contributed by atoms with Gasteiger partial charge >= 0.3 is 11.9 Å². The molecule has 0 amide bonds. The van der Waals surface area contributed by atoms with Gasteiger partial charge in [-0.1, -0.05) is 60.7 Å². The molecule has 30 heavy (non-hydrogen) atoms. The largest absolute Gasteiger partial charge is 0.478 e. The van der Waals surface area contributed by atoms with Gasteiger partial charge in [0.25, 0.3) is 0 Å². The Kier molecular flexibility index (Phi) is 10.6. The van der Waals surface area contributed by atoms with Crippen LogP contribution in [0.15, 0.2) is 72.8 Å². The number of carboxylic acid groups (broad SMARTS) is 2. The maximum absolute atomic E-state index is 9.55. The molecule has 0 radical (unpaired) electrons. The fourth-order valence-corrected chi connectivity index (χ4v) is 3.63. The fraction of sp³-hybridized carbons (Fsp3) is 0.261. The van der Waals surface area contributed by atoms with Crippen LogP contribution in [0, 0.1) is 11.3 Å². The number of rotatable bonds is 6. The third kappa shape index (κ3) is 7.89. The highest BCUT2D eigenvalue weighted by Gasteiger charge is 2.28. The van der Waals surface area contributed by atoms with Crippen molar-refractivity contribution in [2.75, 3.05) is 13.1 Å². The molecule has 0 saturated carbocycles. The first-order chi connectivity index (χ1) is 14.0. The lowest BCUT2D eigenvalue weighted by atomic mass is 9.77. The number of piperidine rings is 1. The van der Waals surface area contributed by atoms with Crippen LogP contribution in [-0.2, 0) is 9.59 Å². The summed E-state index contributed by atoms with van der Waals surface area (Å²) in [4.78, 5) is 21.3. The molecular weight excluding hydrogens is 384 g/mol. The molecule has 1 aliphatic heterocycles. The summed E-state index contributed by atoms with van der Waals surface area (Å²) in [6.07, 6.45) is 5.03. The number of benzene rings is 2. The summed E-state index contributed by atoms with van der Waals surface area (Å²) in [6.45, 7) is 2.01. The summed E-state index contributed by atoms with van der Waals surface area (Å²) >= 11 is 0. The molecule has 160 valence electrons. The highest BCUT2D eigenvalue weighted by atomic mass is 16.4. The van der Waals surface area contributed by atoms with Crippen LogP contribution in [0.2, 0.25) is 0 Å². The molecule has 1 aliphatic rings. The maximum atomic E-state index is 9.55. The van der Waals surface area contributed by atoms with E-state index in [-0.39, 0.29) is 5.48 Å². The number of carboxylic acids is 2. The van der Waals surface area contributed by atoms with Gasteiger partial charge in [-0.15, -0.1) is 0 Å². The third-order valence-corrected chi connectivity index (χ3v) is 4.83. The van der Waals surface area contributed by atoms with Gasteiger partial charge in [0.2, 0.25) is 0 Å². The number of hydrogen-bond acceptors (Lipinski definition) is 3. The molecular formula is C23H28N2O5. The monoisotopic (exact) mass is 412 g/mol. The maximum Gasteiger partial charge on any atom is 0.328 e. The first-order valence-corrected chi connectivity index (χ1v) is 9.49. The summed E-state index contributed by atoms with van der Waals surface area (Å²) in [7, 11) is 0. The Morgan fingerprint density at radius 3 is 1.80 bits per heavy atom. The van der Waals surface area contributed by atoms with Crippen molar-refractivity contribution in [1.82, 2.24) is 4.90 Å². The van der Waals surface area contributed by atoms with E-state index in [0.717, 1.165) is 13.1 Å². The van der Waals surface area contributed by atoms with Crippen molar-refractivity contribution in [2.24, 2.45) is 5.92 Å². The molecule has 2 aromatic carbocycles. The lowest BCUT2D eigenvalue weighted by Gasteiger charge is -2.36. The topological polar surface area (TPSA) is 133 Å². The minimum atomic E-state index is -1.26. The van der Waals surface area contributed by atoms with E-state index in [1.807, 2.05) is 0 Å². The number of nitrogens with one attached hydrogen (secondary N) is 1. The predicted octanol–water partition coefficient (Wildman–Crippen LogP) is 3.02. The van der Waals surface area contributed by atoms with Crippen LogP contribution in [0.25, 0.3) is 0 Å². The number of likely N-dealkylation sites (tertiary alicyclic amines) is 1. The van der Waals surface area contributed by atoms with Crippen LogP contribution in [0.4, 0.5) is 0 Å². The van der Waals surface area contributed by atoms with Gasteiger partial charge in [-0.05, 0) is 29.9 Å². The lowest BCUT2D eigenvalue weighted by Crippen LogP contribution is -2.37. The van der Waals surface area contributed by atoms with E-state index >= 15 is 0 Å². The van der Waals surface area contributed by atoms with Crippen LogP contribution in [0.1, 0.15) is 29.9 Å². The van der Waals surface area contributed by atoms with Crippen molar-refractivity contribution >= 4 is 18.3 Å². The summed E-state index contributed by atoms with van der Waals surface area (Å²) in [5.74, 6) is -1.51. The third-order valence-electron chi connectivity index (χ3n) is 4.83. The number of carbonyl (C=O) groups is 2. The Labute approximate surface area is 176 Å². The fourth-order valence-electron chi connectivity index (χ4n) is 3.63. The summed E-state index contributed by atoms with van der Waals surface area (Å²) in [5, 5.41) is 23.2. The van der Waals surface area contributed by atoms with Crippen LogP contribution >= 0.6 is 0 Å². The molecule has 0 aliphatic carbocycles. The van der Waals surface area contributed by atoms with Gasteiger partial charge in [0.15, 0.2) is 0 Å². The van der Waals surface area contributed by atoms with E-state index in [1.54, 1.807) is 0 Å². The number of nitrogens with zero attached hydrogens (tertiary/aromatic N) is 1. The Bertz CT molecular complexity index is 769. The molecule has 2 aromatic rings. The second kappa shape index (κ2) is 12.9. The molecule has 1 heterocycles. The standard InChI is InChI=1S/C19H22N2.C4H4O4.H2O/c20-15-21-13-7-12-18(14-21)19(16-8-3-1-4-9-16)17-10-5-2-6-11-17;5-3(6)1-2-4(7)8;/h1-6,8-11,15,18-20H,7,12-14H2;1-2H,(H,5,6)(H,7,8);1H2.